The SMILES string of the molecule is COc1cc(OC)cc(C2C(=O)CCN2C)c1. The molecular weight excluding hydrogens is 218 g/mol. The van der Waals surface area contributed by atoms with Crippen molar-refractivity contribution in [1.82, 2.24) is 4.90 Å². The van der Waals surface area contributed by atoms with E-state index < -0.39 is 0 Å². The van der Waals surface area contributed by atoms with Gasteiger partial charge in [0.25, 0.3) is 0 Å². The first kappa shape index (κ1) is 11.9. The Hall–Kier alpha value is -1.55. The molecule has 1 saturated heterocycles. The van der Waals surface area contributed by atoms with Crippen LogP contribution in [0.5, 0.6) is 11.5 Å². The van der Waals surface area contributed by atoms with Crippen LogP contribution in [-0.4, -0.2) is 38.5 Å². The van der Waals surface area contributed by atoms with E-state index in [1.54, 1.807) is 14.2 Å². The summed E-state index contributed by atoms with van der Waals surface area (Å²) in [6.07, 6.45) is 0.612. The van der Waals surface area contributed by atoms with Gasteiger partial charge in [0.15, 0.2) is 5.78 Å². The molecule has 1 atom stereocenters. The lowest BCUT2D eigenvalue weighted by atomic mass is 10.0. The predicted molar refractivity (Wildman–Crippen MR) is 64.5 cm³/mol. The van der Waals surface area contributed by atoms with Gasteiger partial charge in [0.1, 0.15) is 11.5 Å². The molecule has 0 aromatic heterocycles. The van der Waals surface area contributed by atoms with Gasteiger partial charge in [-0.05, 0) is 24.7 Å². The molecule has 92 valence electrons. The number of Topliss-reactive ketones (excluding diaryl/α,β-unsaturated/α-hetero) is 1. The number of ether oxygens (including phenoxy) is 2. The minimum Gasteiger partial charge on any atom is -0.497 e. The van der Waals surface area contributed by atoms with Crippen molar-refractivity contribution in [3.63, 3.8) is 0 Å². The van der Waals surface area contributed by atoms with Crippen molar-refractivity contribution in [3.8, 4) is 11.5 Å². The van der Waals surface area contributed by atoms with Gasteiger partial charge in [-0.3, -0.25) is 9.69 Å². The van der Waals surface area contributed by atoms with Gasteiger partial charge in [0, 0.05) is 19.0 Å². The van der Waals surface area contributed by atoms with Crippen molar-refractivity contribution in [3.05, 3.63) is 23.8 Å². The summed E-state index contributed by atoms with van der Waals surface area (Å²) in [6.45, 7) is 0.809. The van der Waals surface area contributed by atoms with Crippen molar-refractivity contribution in [2.24, 2.45) is 0 Å². The molecule has 1 aliphatic heterocycles. The lowest BCUT2D eigenvalue weighted by molar-refractivity contribution is -0.119. The zero-order valence-corrected chi connectivity index (χ0v) is 10.4. The summed E-state index contributed by atoms with van der Waals surface area (Å²) in [5.74, 6) is 1.68. The molecule has 0 saturated carbocycles. The zero-order valence-electron chi connectivity index (χ0n) is 10.4. The van der Waals surface area contributed by atoms with Gasteiger partial charge >= 0.3 is 0 Å². The van der Waals surface area contributed by atoms with Crippen molar-refractivity contribution in [1.29, 1.82) is 0 Å². The second-order valence-electron chi connectivity index (χ2n) is 4.25. The lowest BCUT2D eigenvalue weighted by Crippen LogP contribution is -2.21. The Morgan fingerprint density at radius 2 is 1.76 bits per heavy atom. The van der Waals surface area contributed by atoms with E-state index in [2.05, 4.69) is 4.90 Å². The molecule has 17 heavy (non-hydrogen) atoms. The molecule has 2 rings (SSSR count). The van der Waals surface area contributed by atoms with E-state index >= 15 is 0 Å². The fourth-order valence-corrected chi connectivity index (χ4v) is 2.23. The first-order chi connectivity index (χ1) is 8.15. The summed E-state index contributed by atoms with van der Waals surface area (Å²) in [6, 6.07) is 5.43. The van der Waals surface area contributed by atoms with Crippen molar-refractivity contribution >= 4 is 5.78 Å². The highest BCUT2D eigenvalue weighted by Crippen LogP contribution is 2.32. The number of carbonyl (C=O) groups excluding carboxylic acids is 1. The smallest absolute Gasteiger partial charge is 0.155 e. The first-order valence-electron chi connectivity index (χ1n) is 5.61. The number of likely N-dealkylation sites (tertiary alicyclic amines) is 1. The van der Waals surface area contributed by atoms with Gasteiger partial charge in [-0.2, -0.15) is 0 Å². The van der Waals surface area contributed by atoms with E-state index in [0.29, 0.717) is 17.9 Å². The highest BCUT2D eigenvalue weighted by atomic mass is 16.5. The molecule has 1 aliphatic rings. The maximum atomic E-state index is 11.9. The second-order valence-corrected chi connectivity index (χ2v) is 4.25. The van der Waals surface area contributed by atoms with Gasteiger partial charge in [0.2, 0.25) is 0 Å². The summed E-state index contributed by atoms with van der Waals surface area (Å²) in [7, 11) is 5.18. The van der Waals surface area contributed by atoms with Crippen LogP contribution in [0.4, 0.5) is 0 Å². The number of ketones is 1. The van der Waals surface area contributed by atoms with Crippen LogP contribution < -0.4 is 9.47 Å². The molecule has 4 nitrogen and oxygen atoms in total. The fourth-order valence-electron chi connectivity index (χ4n) is 2.23. The molecule has 0 N–H and O–H groups in total. The lowest BCUT2D eigenvalue weighted by Gasteiger charge is -2.19. The minimum absolute atomic E-state index is 0.168. The largest absolute Gasteiger partial charge is 0.497 e. The number of likely N-dealkylation sites (N-methyl/N-ethyl adjacent to an activating group) is 1. The maximum Gasteiger partial charge on any atom is 0.155 e. The summed E-state index contributed by atoms with van der Waals surface area (Å²) in [4.78, 5) is 13.9. The quantitative estimate of drug-likeness (QED) is 0.798. The molecule has 1 aromatic rings. The molecule has 0 amide bonds. The van der Waals surface area contributed by atoms with E-state index in [4.69, 9.17) is 9.47 Å². The molecule has 4 heteroatoms. The molecule has 0 spiro atoms. The van der Waals surface area contributed by atoms with Crippen molar-refractivity contribution in [2.75, 3.05) is 27.8 Å². The topological polar surface area (TPSA) is 38.8 Å². The van der Waals surface area contributed by atoms with Gasteiger partial charge in [-0.15, -0.1) is 0 Å². The Morgan fingerprint density at radius 3 is 2.18 bits per heavy atom. The molecule has 1 aromatic carbocycles. The zero-order chi connectivity index (χ0) is 12.4. The average Bonchev–Trinajstić information content (AvgIpc) is 2.68. The summed E-state index contributed by atoms with van der Waals surface area (Å²) in [5.41, 5.74) is 0.936. The maximum absolute atomic E-state index is 11.9. The molecule has 1 fully saturated rings. The average molecular weight is 235 g/mol. The van der Waals surface area contributed by atoms with Crippen LogP contribution in [0.25, 0.3) is 0 Å². The number of hydrogen-bond donors (Lipinski definition) is 0. The van der Waals surface area contributed by atoms with Crippen LogP contribution in [0.15, 0.2) is 18.2 Å². The monoisotopic (exact) mass is 235 g/mol. The van der Waals surface area contributed by atoms with E-state index in [0.717, 1.165) is 12.1 Å². The third-order valence-corrected chi connectivity index (χ3v) is 3.15. The standard InChI is InChI=1S/C13H17NO3/c1-14-5-4-12(15)13(14)9-6-10(16-2)8-11(7-9)17-3/h6-8,13H,4-5H2,1-3H3. The Morgan fingerprint density at radius 1 is 1.18 bits per heavy atom. The van der Waals surface area contributed by atoms with E-state index in [9.17, 15) is 4.79 Å². The molecule has 0 bridgehead atoms. The van der Waals surface area contributed by atoms with Gasteiger partial charge in [-0.25, -0.2) is 0 Å². The van der Waals surface area contributed by atoms with Gasteiger partial charge in [0.05, 0.1) is 20.3 Å². The molecule has 0 aliphatic carbocycles. The van der Waals surface area contributed by atoms with Gasteiger partial charge in [-0.1, -0.05) is 0 Å². The van der Waals surface area contributed by atoms with Crippen LogP contribution in [0.2, 0.25) is 0 Å². The number of nitrogens with zero attached hydrogens (tertiary/aromatic N) is 1. The number of carbonyl (C=O) groups is 1. The Labute approximate surface area is 101 Å². The summed E-state index contributed by atoms with van der Waals surface area (Å²) in [5, 5.41) is 0. The third-order valence-electron chi connectivity index (χ3n) is 3.15. The number of benzene rings is 1. The van der Waals surface area contributed by atoms with Gasteiger partial charge < -0.3 is 9.47 Å². The van der Waals surface area contributed by atoms with Crippen LogP contribution >= 0.6 is 0 Å². The normalized spacial score (nSPS) is 20.6. The molecule has 1 heterocycles. The predicted octanol–water partition coefficient (Wildman–Crippen LogP) is 1.65. The third kappa shape index (κ3) is 2.26. The minimum atomic E-state index is -0.168. The first-order valence-corrected chi connectivity index (χ1v) is 5.61. The Balaban J connectivity index is 2.40. The summed E-state index contributed by atoms with van der Waals surface area (Å²) < 4.78 is 10.4. The molecular formula is C13H17NO3. The summed E-state index contributed by atoms with van der Waals surface area (Å²) >= 11 is 0. The van der Waals surface area contributed by atoms with E-state index in [1.807, 2.05) is 25.2 Å². The van der Waals surface area contributed by atoms with Crippen molar-refractivity contribution < 1.29 is 14.3 Å². The van der Waals surface area contributed by atoms with Crippen LogP contribution in [-0.2, 0) is 4.79 Å². The highest BCUT2D eigenvalue weighted by molar-refractivity contribution is 5.87. The van der Waals surface area contributed by atoms with E-state index in [-0.39, 0.29) is 11.8 Å². The Kier molecular flexibility index (Phi) is 3.33. The fraction of sp³-hybridized carbons (Fsp3) is 0.462. The van der Waals surface area contributed by atoms with Crippen LogP contribution in [0.1, 0.15) is 18.0 Å². The van der Waals surface area contributed by atoms with E-state index in [1.165, 1.54) is 0 Å². The number of hydrogen-bond acceptors (Lipinski definition) is 4. The molecule has 0 radical (unpaired) electrons. The number of methoxy groups -OCH3 is 2. The van der Waals surface area contributed by atoms with Crippen molar-refractivity contribution in [2.45, 2.75) is 12.5 Å². The highest BCUT2D eigenvalue weighted by Gasteiger charge is 2.31. The van der Waals surface area contributed by atoms with Crippen LogP contribution in [0.3, 0.4) is 0 Å². The number of rotatable bonds is 3. The van der Waals surface area contributed by atoms with Crippen LogP contribution in [0, 0.1) is 0 Å². The Bertz CT molecular complexity index is 408. The molecule has 1 unspecified atom stereocenters. The second kappa shape index (κ2) is 4.75.